The van der Waals surface area contributed by atoms with Gasteiger partial charge in [-0.2, -0.15) is 0 Å². The zero-order chi connectivity index (χ0) is 13.2. The topological polar surface area (TPSA) is 75.6 Å². The van der Waals surface area contributed by atoms with Crippen molar-refractivity contribution in [2.45, 2.75) is 18.9 Å². The SMILES string of the molecule is C[C@@]1(NC(=O)CSC2=NCCS2)CCS(=O)(=O)C1. The molecule has 18 heavy (non-hydrogen) atoms. The van der Waals surface area contributed by atoms with Gasteiger partial charge in [-0.1, -0.05) is 23.5 Å². The van der Waals surface area contributed by atoms with Crippen LogP contribution in [-0.4, -0.2) is 53.8 Å². The van der Waals surface area contributed by atoms with E-state index < -0.39 is 15.4 Å². The van der Waals surface area contributed by atoms with Crippen molar-refractivity contribution in [3.63, 3.8) is 0 Å². The van der Waals surface area contributed by atoms with Gasteiger partial charge in [0.15, 0.2) is 9.84 Å². The summed E-state index contributed by atoms with van der Waals surface area (Å²) in [6, 6.07) is 0. The molecule has 5 nitrogen and oxygen atoms in total. The summed E-state index contributed by atoms with van der Waals surface area (Å²) in [5.41, 5.74) is -0.596. The summed E-state index contributed by atoms with van der Waals surface area (Å²) < 4.78 is 23.8. The predicted molar refractivity (Wildman–Crippen MR) is 77.0 cm³/mol. The number of aliphatic imine (C=N–C) groups is 1. The molecule has 8 heteroatoms. The third-order valence-corrected chi connectivity index (χ3v) is 6.98. The normalized spacial score (nSPS) is 30.2. The summed E-state index contributed by atoms with van der Waals surface area (Å²) in [6.07, 6.45) is 0.501. The molecule has 2 aliphatic heterocycles. The minimum atomic E-state index is -2.98. The second-order valence-electron chi connectivity index (χ2n) is 4.74. The van der Waals surface area contributed by atoms with Gasteiger partial charge in [-0.05, 0) is 13.3 Å². The van der Waals surface area contributed by atoms with E-state index in [0.717, 1.165) is 16.7 Å². The fourth-order valence-electron chi connectivity index (χ4n) is 2.01. The number of hydrogen-bond acceptors (Lipinski definition) is 6. The number of rotatable bonds is 3. The zero-order valence-electron chi connectivity index (χ0n) is 10.1. The van der Waals surface area contributed by atoms with Crippen molar-refractivity contribution in [1.29, 1.82) is 0 Å². The van der Waals surface area contributed by atoms with Gasteiger partial charge >= 0.3 is 0 Å². The molecule has 1 amide bonds. The van der Waals surface area contributed by atoms with Crippen LogP contribution in [-0.2, 0) is 14.6 Å². The molecule has 0 saturated carbocycles. The van der Waals surface area contributed by atoms with Gasteiger partial charge in [0.2, 0.25) is 5.91 Å². The number of hydrogen-bond donors (Lipinski definition) is 1. The molecule has 0 aromatic carbocycles. The van der Waals surface area contributed by atoms with Crippen molar-refractivity contribution in [2.75, 3.05) is 29.6 Å². The number of carbonyl (C=O) groups excluding carboxylic acids is 1. The average molecular weight is 308 g/mol. The minimum Gasteiger partial charge on any atom is -0.349 e. The fourth-order valence-corrected chi connectivity index (χ4v) is 5.91. The van der Waals surface area contributed by atoms with Crippen LogP contribution in [0, 0.1) is 0 Å². The molecule has 1 N–H and O–H groups in total. The number of thioether (sulfide) groups is 2. The maximum Gasteiger partial charge on any atom is 0.230 e. The van der Waals surface area contributed by atoms with Crippen molar-refractivity contribution in [3.8, 4) is 0 Å². The highest BCUT2D eigenvalue weighted by atomic mass is 32.2. The Kier molecular flexibility index (Phi) is 4.28. The van der Waals surface area contributed by atoms with E-state index in [1.165, 1.54) is 11.8 Å². The van der Waals surface area contributed by atoms with E-state index in [-0.39, 0.29) is 17.4 Å². The van der Waals surface area contributed by atoms with E-state index in [2.05, 4.69) is 10.3 Å². The summed E-state index contributed by atoms with van der Waals surface area (Å²) in [6.45, 7) is 2.62. The molecule has 0 radical (unpaired) electrons. The first-order chi connectivity index (χ1) is 8.39. The Morgan fingerprint density at radius 1 is 1.61 bits per heavy atom. The fraction of sp³-hybridized carbons (Fsp3) is 0.800. The standard InChI is InChI=1S/C10H16N2O3S3/c1-10(2-5-18(14,15)7-10)12-8(13)6-17-9-11-3-4-16-9/h2-7H2,1H3,(H,12,13)/t10-/m1/s1. The molecule has 2 rings (SSSR count). The quantitative estimate of drug-likeness (QED) is 0.822. The van der Waals surface area contributed by atoms with E-state index in [1.807, 2.05) is 0 Å². The number of carbonyl (C=O) groups is 1. The molecular weight excluding hydrogens is 292 g/mol. The molecule has 0 bridgehead atoms. The first-order valence-corrected chi connectivity index (χ1v) is 9.49. The first kappa shape index (κ1) is 14.2. The lowest BCUT2D eigenvalue weighted by molar-refractivity contribution is -0.120. The molecule has 0 unspecified atom stereocenters. The maximum absolute atomic E-state index is 11.8. The molecule has 2 aliphatic rings. The largest absolute Gasteiger partial charge is 0.349 e. The molecule has 1 atom stereocenters. The van der Waals surface area contributed by atoms with Gasteiger partial charge in [0, 0.05) is 5.75 Å². The van der Waals surface area contributed by atoms with E-state index in [9.17, 15) is 13.2 Å². The molecular formula is C10H16N2O3S3. The number of sulfone groups is 1. The van der Waals surface area contributed by atoms with Gasteiger partial charge in [-0.15, -0.1) is 0 Å². The number of amides is 1. The van der Waals surface area contributed by atoms with Crippen molar-refractivity contribution < 1.29 is 13.2 Å². The lowest BCUT2D eigenvalue weighted by atomic mass is 10.0. The minimum absolute atomic E-state index is 0.0477. The molecule has 1 saturated heterocycles. The van der Waals surface area contributed by atoms with Crippen molar-refractivity contribution >= 4 is 43.6 Å². The molecule has 0 aromatic rings. The van der Waals surface area contributed by atoms with Crippen molar-refractivity contribution in [3.05, 3.63) is 0 Å². The lowest BCUT2D eigenvalue weighted by Gasteiger charge is -2.23. The van der Waals surface area contributed by atoms with Crippen LogP contribution in [0.3, 0.4) is 0 Å². The monoisotopic (exact) mass is 308 g/mol. The molecule has 1 fully saturated rings. The Labute approximate surface area is 115 Å². The van der Waals surface area contributed by atoms with E-state index in [0.29, 0.717) is 12.2 Å². The van der Waals surface area contributed by atoms with Crippen LogP contribution in [0.1, 0.15) is 13.3 Å². The maximum atomic E-state index is 11.8. The molecule has 2 heterocycles. The highest BCUT2D eigenvalue weighted by Gasteiger charge is 2.39. The van der Waals surface area contributed by atoms with Gasteiger partial charge < -0.3 is 5.32 Å². The number of nitrogens with one attached hydrogen (secondary N) is 1. The summed E-state index contributed by atoms with van der Waals surface area (Å²) in [7, 11) is -2.98. The van der Waals surface area contributed by atoms with E-state index in [1.54, 1.807) is 18.7 Å². The first-order valence-electron chi connectivity index (χ1n) is 5.70. The third kappa shape index (κ3) is 3.89. The van der Waals surface area contributed by atoms with Crippen LogP contribution in [0.5, 0.6) is 0 Å². The van der Waals surface area contributed by atoms with Gasteiger partial charge in [0.05, 0.1) is 29.3 Å². The summed E-state index contributed by atoms with van der Waals surface area (Å²) in [5.74, 6) is 1.39. The van der Waals surface area contributed by atoms with Crippen LogP contribution in [0.4, 0.5) is 0 Å². The van der Waals surface area contributed by atoms with Gasteiger partial charge in [-0.3, -0.25) is 9.79 Å². The Morgan fingerprint density at radius 3 is 2.94 bits per heavy atom. The highest BCUT2D eigenvalue weighted by Crippen LogP contribution is 2.24. The molecule has 0 aromatic heterocycles. The summed E-state index contributed by atoms with van der Waals surface area (Å²) in [4.78, 5) is 16.0. The van der Waals surface area contributed by atoms with Gasteiger partial charge in [0.1, 0.15) is 4.38 Å². The van der Waals surface area contributed by atoms with Gasteiger partial charge in [-0.25, -0.2) is 8.42 Å². The molecule has 102 valence electrons. The predicted octanol–water partition coefficient (Wildman–Crippen LogP) is 0.516. The Morgan fingerprint density at radius 2 is 2.39 bits per heavy atom. The second-order valence-corrected chi connectivity index (χ2v) is 9.23. The number of nitrogens with zero attached hydrogens (tertiary/aromatic N) is 1. The highest BCUT2D eigenvalue weighted by molar-refractivity contribution is 8.39. The van der Waals surface area contributed by atoms with E-state index in [4.69, 9.17) is 0 Å². The van der Waals surface area contributed by atoms with Gasteiger partial charge in [0.25, 0.3) is 0 Å². The van der Waals surface area contributed by atoms with Crippen LogP contribution in [0.25, 0.3) is 0 Å². The summed E-state index contributed by atoms with van der Waals surface area (Å²) >= 11 is 3.09. The Hall–Kier alpha value is -0.210. The Bertz CT molecular complexity index is 475. The average Bonchev–Trinajstić information content (AvgIpc) is 2.84. The molecule has 0 spiro atoms. The zero-order valence-corrected chi connectivity index (χ0v) is 12.6. The van der Waals surface area contributed by atoms with E-state index >= 15 is 0 Å². The van der Waals surface area contributed by atoms with Crippen LogP contribution >= 0.6 is 23.5 Å². The van der Waals surface area contributed by atoms with Crippen LogP contribution in [0.15, 0.2) is 4.99 Å². The van der Waals surface area contributed by atoms with Crippen LogP contribution in [0.2, 0.25) is 0 Å². The second kappa shape index (κ2) is 5.42. The van der Waals surface area contributed by atoms with Crippen molar-refractivity contribution in [1.82, 2.24) is 5.32 Å². The molecule has 0 aliphatic carbocycles. The summed E-state index contributed by atoms with van der Waals surface area (Å²) in [5, 5.41) is 2.83. The van der Waals surface area contributed by atoms with Crippen molar-refractivity contribution in [2.24, 2.45) is 4.99 Å². The van der Waals surface area contributed by atoms with Crippen LogP contribution < -0.4 is 5.32 Å². The lowest BCUT2D eigenvalue weighted by Crippen LogP contribution is -2.47. The Balaban J connectivity index is 1.80. The third-order valence-electron chi connectivity index (χ3n) is 2.83. The smallest absolute Gasteiger partial charge is 0.230 e.